The molecular formula is C20H30N2O5. The highest BCUT2D eigenvalue weighted by molar-refractivity contribution is 5.96. The summed E-state index contributed by atoms with van der Waals surface area (Å²) in [6.45, 7) is 11.3. The Bertz CT molecular complexity index is 632. The normalized spacial score (nSPS) is 11.9. The largest absolute Gasteiger partial charge is 0.494 e. The summed E-state index contributed by atoms with van der Waals surface area (Å²) in [7, 11) is 0. The number of benzene rings is 1. The number of hydrogen-bond acceptors (Lipinski definition) is 5. The molecule has 0 aliphatic heterocycles. The molecule has 150 valence electrons. The monoisotopic (exact) mass is 378 g/mol. The van der Waals surface area contributed by atoms with Gasteiger partial charge in [-0.1, -0.05) is 0 Å². The van der Waals surface area contributed by atoms with Crippen LogP contribution in [0.2, 0.25) is 0 Å². The molecule has 1 atom stereocenters. The molecule has 0 radical (unpaired) electrons. The van der Waals surface area contributed by atoms with Crippen molar-refractivity contribution in [3.63, 3.8) is 0 Å². The van der Waals surface area contributed by atoms with E-state index < -0.39 is 18.0 Å². The van der Waals surface area contributed by atoms with Gasteiger partial charge in [-0.2, -0.15) is 0 Å². The maximum atomic E-state index is 12.5. The Morgan fingerprint density at radius 2 is 1.56 bits per heavy atom. The first-order valence-electron chi connectivity index (χ1n) is 9.20. The molecule has 0 aliphatic rings. The Balaban J connectivity index is 2.54. The minimum Gasteiger partial charge on any atom is -0.494 e. The number of esters is 1. The second-order valence-electron chi connectivity index (χ2n) is 6.71. The van der Waals surface area contributed by atoms with Crippen molar-refractivity contribution < 1.29 is 23.9 Å². The molecule has 7 nitrogen and oxygen atoms in total. The molecule has 0 saturated heterocycles. The number of carbonyl (C=O) groups excluding carboxylic acids is 3. The summed E-state index contributed by atoms with van der Waals surface area (Å²) in [6.07, 6.45) is -0.912. The SMILES string of the molecule is CCOc1ccc(C(=O)NCC(=O)OC(C)C(=O)N(C(C)C)C(C)C)cc1. The van der Waals surface area contributed by atoms with Crippen LogP contribution >= 0.6 is 0 Å². The Labute approximate surface area is 161 Å². The third-order valence-electron chi connectivity index (χ3n) is 3.84. The molecule has 0 heterocycles. The fraction of sp³-hybridized carbons (Fsp3) is 0.550. The Kier molecular flexibility index (Phi) is 8.78. The molecule has 0 aromatic heterocycles. The van der Waals surface area contributed by atoms with E-state index in [2.05, 4.69) is 5.32 Å². The van der Waals surface area contributed by atoms with E-state index >= 15 is 0 Å². The van der Waals surface area contributed by atoms with Crippen LogP contribution in [0.25, 0.3) is 0 Å². The fourth-order valence-corrected chi connectivity index (χ4v) is 2.73. The summed E-state index contributed by atoms with van der Waals surface area (Å²) in [5, 5.41) is 2.49. The molecule has 1 N–H and O–H groups in total. The highest BCUT2D eigenvalue weighted by atomic mass is 16.5. The summed E-state index contributed by atoms with van der Waals surface area (Å²) >= 11 is 0. The lowest BCUT2D eigenvalue weighted by atomic mass is 10.2. The lowest BCUT2D eigenvalue weighted by Gasteiger charge is -2.32. The zero-order chi connectivity index (χ0) is 20.6. The van der Waals surface area contributed by atoms with Crippen LogP contribution in [-0.2, 0) is 14.3 Å². The minimum absolute atomic E-state index is 0.00184. The topological polar surface area (TPSA) is 84.9 Å². The lowest BCUT2D eigenvalue weighted by molar-refractivity contribution is -0.160. The van der Waals surface area contributed by atoms with Crippen LogP contribution in [0, 0.1) is 0 Å². The average Bonchev–Trinajstić information content (AvgIpc) is 2.59. The summed E-state index contributed by atoms with van der Waals surface area (Å²) in [6, 6.07) is 6.59. The van der Waals surface area contributed by atoms with Crippen LogP contribution in [0.15, 0.2) is 24.3 Å². The van der Waals surface area contributed by atoms with Crippen LogP contribution in [0.4, 0.5) is 0 Å². The number of hydrogen-bond donors (Lipinski definition) is 1. The molecule has 1 aromatic rings. The van der Waals surface area contributed by atoms with E-state index in [1.165, 1.54) is 6.92 Å². The van der Waals surface area contributed by atoms with Crippen LogP contribution in [0.5, 0.6) is 5.75 Å². The zero-order valence-electron chi connectivity index (χ0n) is 16.9. The van der Waals surface area contributed by atoms with Crippen LogP contribution in [-0.4, -0.2) is 54.0 Å². The second kappa shape index (κ2) is 10.5. The van der Waals surface area contributed by atoms with Crippen molar-refractivity contribution in [2.75, 3.05) is 13.2 Å². The summed E-state index contributed by atoms with van der Waals surface area (Å²) in [5.74, 6) is -0.658. The maximum Gasteiger partial charge on any atom is 0.326 e. The molecule has 1 rings (SSSR count). The number of amides is 2. The van der Waals surface area contributed by atoms with E-state index in [4.69, 9.17) is 9.47 Å². The van der Waals surface area contributed by atoms with Crippen molar-refractivity contribution in [1.29, 1.82) is 0 Å². The highest BCUT2D eigenvalue weighted by Crippen LogP contribution is 2.12. The minimum atomic E-state index is -0.912. The molecule has 0 spiro atoms. The van der Waals surface area contributed by atoms with Gasteiger partial charge in [0.25, 0.3) is 11.8 Å². The molecule has 0 fully saturated rings. The van der Waals surface area contributed by atoms with E-state index in [0.717, 1.165) is 0 Å². The van der Waals surface area contributed by atoms with Crippen LogP contribution in [0.1, 0.15) is 51.9 Å². The van der Waals surface area contributed by atoms with Crippen molar-refractivity contribution in [3.8, 4) is 5.75 Å². The van der Waals surface area contributed by atoms with Crippen LogP contribution < -0.4 is 10.1 Å². The Hall–Kier alpha value is -2.57. The predicted octanol–water partition coefficient (Wildman–Crippen LogP) is 2.39. The van der Waals surface area contributed by atoms with Gasteiger partial charge in [-0.3, -0.25) is 14.4 Å². The van der Waals surface area contributed by atoms with Gasteiger partial charge in [0.2, 0.25) is 0 Å². The van der Waals surface area contributed by atoms with E-state index in [1.54, 1.807) is 29.2 Å². The van der Waals surface area contributed by atoms with Crippen LogP contribution in [0.3, 0.4) is 0 Å². The standard InChI is InChI=1S/C20H30N2O5/c1-7-26-17-10-8-16(9-11-17)19(24)21-12-18(23)27-15(6)20(25)22(13(2)3)14(4)5/h8-11,13-15H,7,12H2,1-6H3,(H,21,24). The first-order valence-corrected chi connectivity index (χ1v) is 9.20. The third-order valence-corrected chi connectivity index (χ3v) is 3.84. The van der Waals surface area contributed by atoms with Gasteiger partial charge in [-0.25, -0.2) is 0 Å². The maximum absolute atomic E-state index is 12.5. The smallest absolute Gasteiger partial charge is 0.326 e. The molecule has 0 bridgehead atoms. The Morgan fingerprint density at radius 1 is 1.00 bits per heavy atom. The first-order chi connectivity index (χ1) is 12.7. The van der Waals surface area contributed by atoms with E-state index in [-0.39, 0.29) is 24.5 Å². The summed E-state index contributed by atoms with van der Waals surface area (Å²) in [5.41, 5.74) is 0.404. The lowest BCUT2D eigenvalue weighted by Crippen LogP contribution is -2.48. The van der Waals surface area contributed by atoms with Gasteiger partial charge in [-0.15, -0.1) is 0 Å². The van der Waals surface area contributed by atoms with Crippen molar-refractivity contribution >= 4 is 17.8 Å². The van der Waals surface area contributed by atoms with E-state index in [0.29, 0.717) is 17.9 Å². The number of nitrogens with one attached hydrogen (secondary N) is 1. The highest BCUT2D eigenvalue weighted by Gasteiger charge is 2.27. The average molecular weight is 378 g/mol. The molecule has 1 unspecified atom stereocenters. The molecule has 0 aliphatic carbocycles. The van der Waals surface area contributed by atoms with Gasteiger partial charge < -0.3 is 19.7 Å². The number of ether oxygens (including phenoxy) is 2. The third kappa shape index (κ3) is 6.92. The summed E-state index contributed by atoms with van der Waals surface area (Å²) in [4.78, 5) is 38.2. The van der Waals surface area contributed by atoms with Crippen molar-refractivity contribution in [2.24, 2.45) is 0 Å². The van der Waals surface area contributed by atoms with Gasteiger partial charge in [-0.05, 0) is 65.8 Å². The number of rotatable bonds is 9. The summed E-state index contributed by atoms with van der Waals surface area (Å²) < 4.78 is 10.5. The molecule has 27 heavy (non-hydrogen) atoms. The quantitative estimate of drug-likeness (QED) is 0.667. The second-order valence-corrected chi connectivity index (χ2v) is 6.71. The van der Waals surface area contributed by atoms with E-state index in [9.17, 15) is 14.4 Å². The van der Waals surface area contributed by atoms with Crippen molar-refractivity contribution in [1.82, 2.24) is 10.2 Å². The predicted molar refractivity (Wildman–Crippen MR) is 103 cm³/mol. The number of nitrogens with zero attached hydrogens (tertiary/aromatic N) is 1. The molecule has 1 aromatic carbocycles. The first kappa shape index (κ1) is 22.5. The molecule has 0 saturated carbocycles. The number of carbonyl (C=O) groups is 3. The zero-order valence-corrected chi connectivity index (χ0v) is 16.9. The van der Waals surface area contributed by atoms with Gasteiger partial charge in [0.05, 0.1) is 6.61 Å². The van der Waals surface area contributed by atoms with Gasteiger partial charge >= 0.3 is 5.97 Å². The van der Waals surface area contributed by atoms with Crippen molar-refractivity contribution in [3.05, 3.63) is 29.8 Å². The van der Waals surface area contributed by atoms with Gasteiger partial charge in [0, 0.05) is 17.6 Å². The van der Waals surface area contributed by atoms with Crippen molar-refractivity contribution in [2.45, 2.75) is 59.7 Å². The van der Waals surface area contributed by atoms with Gasteiger partial charge in [0.1, 0.15) is 12.3 Å². The Morgan fingerprint density at radius 3 is 2.04 bits per heavy atom. The molecule has 2 amide bonds. The fourth-order valence-electron chi connectivity index (χ4n) is 2.73. The van der Waals surface area contributed by atoms with E-state index in [1.807, 2.05) is 34.6 Å². The molecular weight excluding hydrogens is 348 g/mol. The molecule has 7 heteroatoms. The van der Waals surface area contributed by atoms with Gasteiger partial charge in [0.15, 0.2) is 6.10 Å².